The van der Waals surface area contributed by atoms with Gasteiger partial charge in [0.1, 0.15) is 0 Å². The normalized spacial score (nSPS) is 30.0. The number of hydrogen-bond donors (Lipinski definition) is 1. The van der Waals surface area contributed by atoms with Gasteiger partial charge in [0.25, 0.3) is 0 Å². The highest BCUT2D eigenvalue weighted by Gasteiger charge is 2.32. The van der Waals surface area contributed by atoms with Crippen LogP contribution in [0.3, 0.4) is 0 Å². The van der Waals surface area contributed by atoms with E-state index >= 15 is 0 Å². The standard InChI is InChI=1S/C10H19NS/c1-2-4-10(5-3-1)8-11-6-7-12-9-10/h11H,1-9H2. The lowest BCUT2D eigenvalue weighted by atomic mass is 9.75. The summed E-state index contributed by atoms with van der Waals surface area (Å²) in [6.07, 6.45) is 7.39. The third-order valence-corrected chi connectivity index (χ3v) is 4.55. The minimum absolute atomic E-state index is 0.694. The van der Waals surface area contributed by atoms with Crippen LogP contribution in [-0.4, -0.2) is 24.6 Å². The summed E-state index contributed by atoms with van der Waals surface area (Å²) in [5.74, 6) is 2.74. The van der Waals surface area contributed by atoms with Crippen molar-refractivity contribution in [2.24, 2.45) is 5.41 Å². The Morgan fingerprint density at radius 3 is 2.75 bits per heavy atom. The molecule has 1 heterocycles. The van der Waals surface area contributed by atoms with Crippen molar-refractivity contribution in [3.8, 4) is 0 Å². The lowest BCUT2D eigenvalue weighted by molar-refractivity contribution is 0.219. The molecule has 0 amide bonds. The van der Waals surface area contributed by atoms with Gasteiger partial charge in [-0.05, 0) is 18.3 Å². The summed E-state index contributed by atoms with van der Waals surface area (Å²) in [7, 11) is 0. The van der Waals surface area contributed by atoms with Gasteiger partial charge in [-0.25, -0.2) is 0 Å². The van der Waals surface area contributed by atoms with Gasteiger partial charge in [-0.2, -0.15) is 11.8 Å². The van der Waals surface area contributed by atoms with Crippen molar-refractivity contribution in [3.05, 3.63) is 0 Å². The van der Waals surface area contributed by atoms with Crippen LogP contribution in [0, 0.1) is 5.41 Å². The van der Waals surface area contributed by atoms with Gasteiger partial charge in [0, 0.05) is 24.6 Å². The van der Waals surface area contributed by atoms with Crippen LogP contribution in [-0.2, 0) is 0 Å². The molecule has 1 nitrogen and oxygen atoms in total. The fourth-order valence-electron chi connectivity index (χ4n) is 2.46. The van der Waals surface area contributed by atoms with Crippen LogP contribution in [0.25, 0.3) is 0 Å². The molecule has 2 rings (SSSR count). The predicted molar refractivity (Wildman–Crippen MR) is 55.7 cm³/mol. The van der Waals surface area contributed by atoms with Crippen LogP contribution in [0.2, 0.25) is 0 Å². The SMILES string of the molecule is C1CCC2(CC1)CNCCSC2. The summed E-state index contributed by atoms with van der Waals surface area (Å²) in [6.45, 7) is 2.52. The van der Waals surface area contributed by atoms with Crippen molar-refractivity contribution in [1.29, 1.82) is 0 Å². The van der Waals surface area contributed by atoms with Gasteiger partial charge in [0.15, 0.2) is 0 Å². The number of rotatable bonds is 0. The maximum Gasteiger partial charge on any atom is 0.00583 e. The maximum atomic E-state index is 3.59. The number of nitrogens with one attached hydrogen (secondary N) is 1. The molecular formula is C10H19NS. The van der Waals surface area contributed by atoms with Crippen LogP contribution in [0.1, 0.15) is 32.1 Å². The molecule has 1 saturated heterocycles. The topological polar surface area (TPSA) is 12.0 Å². The summed E-state index contributed by atoms with van der Waals surface area (Å²) in [5.41, 5.74) is 0.694. The monoisotopic (exact) mass is 185 g/mol. The zero-order valence-electron chi connectivity index (χ0n) is 7.77. The van der Waals surface area contributed by atoms with E-state index in [1.165, 1.54) is 56.7 Å². The van der Waals surface area contributed by atoms with Crippen LogP contribution in [0.4, 0.5) is 0 Å². The van der Waals surface area contributed by atoms with Crippen molar-refractivity contribution in [3.63, 3.8) is 0 Å². The Morgan fingerprint density at radius 1 is 1.08 bits per heavy atom. The molecule has 2 aliphatic rings. The highest BCUT2D eigenvalue weighted by atomic mass is 32.2. The van der Waals surface area contributed by atoms with Gasteiger partial charge in [-0.1, -0.05) is 19.3 Å². The molecule has 1 aliphatic carbocycles. The molecule has 2 heteroatoms. The summed E-state index contributed by atoms with van der Waals surface area (Å²) in [5, 5.41) is 3.59. The molecule has 1 N–H and O–H groups in total. The molecule has 0 aromatic carbocycles. The van der Waals surface area contributed by atoms with E-state index in [4.69, 9.17) is 0 Å². The Bertz CT molecular complexity index is 131. The number of hydrogen-bond acceptors (Lipinski definition) is 2. The van der Waals surface area contributed by atoms with Crippen molar-refractivity contribution in [2.45, 2.75) is 32.1 Å². The Kier molecular flexibility index (Phi) is 2.97. The van der Waals surface area contributed by atoms with Gasteiger partial charge in [0.2, 0.25) is 0 Å². The fourth-order valence-corrected chi connectivity index (χ4v) is 3.72. The molecule has 12 heavy (non-hydrogen) atoms. The largest absolute Gasteiger partial charge is 0.315 e. The molecule has 1 spiro atoms. The third kappa shape index (κ3) is 1.97. The highest BCUT2D eigenvalue weighted by molar-refractivity contribution is 7.99. The second-order valence-corrected chi connectivity index (χ2v) is 5.40. The minimum Gasteiger partial charge on any atom is -0.315 e. The molecule has 1 aliphatic heterocycles. The third-order valence-electron chi connectivity index (χ3n) is 3.25. The van der Waals surface area contributed by atoms with E-state index in [0.29, 0.717) is 5.41 Å². The van der Waals surface area contributed by atoms with Crippen LogP contribution >= 0.6 is 11.8 Å². The molecule has 70 valence electrons. The van der Waals surface area contributed by atoms with Crippen LogP contribution < -0.4 is 5.32 Å². The smallest absolute Gasteiger partial charge is 0.00583 e. The molecule has 0 atom stereocenters. The molecule has 2 fully saturated rings. The average molecular weight is 185 g/mol. The molecule has 0 unspecified atom stereocenters. The Morgan fingerprint density at radius 2 is 1.92 bits per heavy atom. The fraction of sp³-hybridized carbons (Fsp3) is 1.00. The van der Waals surface area contributed by atoms with E-state index in [-0.39, 0.29) is 0 Å². The molecule has 0 aromatic rings. The molecule has 0 bridgehead atoms. The van der Waals surface area contributed by atoms with E-state index in [0.717, 1.165) is 0 Å². The van der Waals surface area contributed by atoms with Gasteiger partial charge in [0.05, 0.1) is 0 Å². The second kappa shape index (κ2) is 4.01. The van der Waals surface area contributed by atoms with Gasteiger partial charge in [-0.15, -0.1) is 0 Å². The first-order valence-corrected chi connectivity index (χ1v) is 6.35. The lowest BCUT2D eigenvalue weighted by Gasteiger charge is -2.35. The van der Waals surface area contributed by atoms with E-state index in [2.05, 4.69) is 17.1 Å². The molecular weight excluding hydrogens is 166 g/mol. The highest BCUT2D eigenvalue weighted by Crippen LogP contribution is 2.39. The van der Waals surface area contributed by atoms with Crippen molar-refractivity contribution in [1.82, 2.24) is 5.32 Å². The first-order valence-electron chi connectivity index (χ1n) is 5.20. The van der Waals surface area contributed by atoms with Crippen molar-refractivity contribution in [2.75, 3.05) is 24.6 Å². The first kappa shape index (κ1) is 8.89. The van der Waals surface area contributed by atoms with Gasteiger partial charge in [-0.3, -0.25) is 0 Å². The molecule has 0 radical (unpaired) electrons. The van der Waals surface area contributed by atoms with E-state index in [1.54, 1.807) is 0 Å². The molecule has 1 saturated carbocycles. The quantitative estimate of drug-likeness (QED) is 0.621. The lowest BCUT2D eigenvalue weighted by Crippen LogP contribution is -2.36. The first-order chi connectivity index (χ1) is 5.91. The Hall–Kier alpha value is 0.310. The predicted octanol–water partition coefficient (Wildman–Crippen LogP) is 2.27. The van der Waals surface area contributed by atoms with E-state index < -0.39 is 0 Å². The van der Waals surface area contributed by atoms with Crippen molar-refractivity contribution < 1.29 is 0 Å². The average Bonchev–Trinajstić information content (AvgIpc) is 2.33. The van der Waals surface area contributed by atoms with E-state index in [1.807, 2.05) is 0 Å². The summed E-state index contributed by atoms with van der Waals surface area (Å²) >= 11 is 2.16. The summed E-state index contributed by atoms with van der Waals surface area (Å²) < 4.78 is 0. The van der Waals surface area contributed by atoms with Gasteiger partial charge < -0.3 is 5.32 Å². The number of thioether (sulfide) groups is 1. The maximum absolute atomic E-state index is 3.59. The zero-order chi connectivity index (χ0) is 8.28. The second-order valence-electron chi connectivity index (χ2n) is 4.29. The Balaban J connectivity index is 1.95. The van der Waals surface area contributed by atoms with Crippen LogP contribution in [0.5, 0.6) is 0 Å². The van der Waals surface area contributed by atoms with Crippen LogP contribution in [0.15, 0.2) is 0 Å². The minimum atomic E-state index is 0.694. The zero-order valence-corrected chi connectivity index (χ0v) is 8.59. The van der Waals surface area contributed by atoms with E-state index in [9.17, 15) is 0 Å². The molecule has 0 aromatic heterocycles. The van der Waals surface area contributed by atoms with Gasteiger partial charge >= 0.3 is 0 Å². The summed E-state index contributed by atoms with van der Waals surface area (Å²) in [6, 6.07) is 0. The van der Waals surface area contributed by atoms with Crippen molar-refractivity contribution >= 4 is 11.8 Å². The summed E-state index contributed by atoms with van der Waals surface area (Å²) in [4.78, 5) is 0. The Labute approximate surface area is 79.7 Å².